The molecule has 0 aliphatic carbocycles. The smallest absolute Gasteiger partial charge is 0.328 e. The molecule has 1 N–H and O–H groups in total. The Kier molecular flexibility index (Phi) is 9.03. The van der Waals surface area contributed by atoms with Crippen molar-refractivity contribution < 1.29 is 9.53 Å². The van der Waals surface area contributed by atoms with Gasteiger partial charge in [-0.2, -0.15) is 0 Å². The Labute approximate surface area is 172 Å². The number of anilines is 1. The van der Waals surface area contributed by atoms with E-state index < -0.39 is 5.60 Å². The van der Waals surface area contributed by atoms with Gasteiger partial charge in [0, 0.05) is 45.1 Å². The van der Waals surface area contributed by atoms with Gasteiger partial charge in [0.15, 0.2) is 5.96 Å². The number of nitrogens with one attached hydrogen (secondary N) is 1. The van der Waals surface area contributed by atoms with Gasteiger partial charge in [0.2, 0.25) is 5.95 Å². The molecule has 26 heavy (non-hydrogen) atoms. The molecule has 0 saturated carbocycles. The lowest BCUT2D eigenvalue weighted by atomic mass is 10.2. The lowest BCUT2D eigenvalue weighted by molar-refractivity contribution is -0.152. The number of aliphatic imine (C=N–C) groups is 1. The Morgan fingerprint density at radius 2 is 1.85 bits per heavy atom. The van der Waals surface area contributed by atoms with Crippen molar-refractivity contribution in [3.05, 3.63) is 18.5 Å². The monoisotopic (exact) mass is 476 g/mol. The molecular weight excluding hydrogens is 447 g/mol. The molecule has 9 heteroatoms. The molecule has 8 nitrogen and oxygen atoms in total. The van der Waals surface area contributed by atoms with Crippen LogP contribution in [-0.4, -0.2) is 71.7 Å². The van der Waals surface area contributed by atoms with Crippen LogP contribution in [0.5, 0.6) is 0 Å². The number of piperazine rings is 1. The Morgan fingerprint density at radius 3 is 2.38 bits per heavy atom. The van der Waals surface area contributed by atoms with E-state index in [9.17, 15) is 4.79 Å². The lowest BCUT2D eigenvalue weighted by Gasteiger charge is -2.36. The number of hydrogen-bond acceptors (Lipinski definition) is 6. The van der Waals surface area contributed by atoms with Crippen LogP contribution in [0.15, 0.2) is 23.5 Å². The Bertz CT molecular complexity index is 583. The number of guanidine groups is 1. The number of carbonyl (C=O) groups is 1. The first kappa shape index (κ1) is 22.4. The van der Waals surface area contributed by atoms with Crippen molar-refractivity contribution in [2.75, 3.05) is 44.2 Å². The summed E-state index contributed by atoms with van der Waals surface area (Å²) in [4.78, 5) is 29.2. The molecule has 1 aliphatic heterocycles. The number of aromatic nitrogens is 2. The van der Waals surface area contributed by atoms with Gasteiger partial charge < -0.3 is 19.9 Å². The molecular formula is C17H29IN6O2. The third kappa shape index (κ3) is 7.30. The maximum Gasteiger partial charge on any atom is 0.328 e. The van der Waals surface area contributed by atoms with Gasteiger partial charge >= 0.3 is 5.97 Å². The number of nitrogens with zero attached hydrogens (tertiary/aromatic N) is 5. The maximum absolute atomic E-state index is 11.9. The molecule has 0 amide bonds. The molecule has 1 fully saturated rings. The highest BCUT2D eigenvalue weighted by Gasteiger charge is 2.22. The number of rotatable bonds is 4. The summed E-state index contributed by atoms with van der Waals surface area (Å²) in [5.41, 5.74) is -0.494. The highest BCUT2D eigenvalue weighted by molar-refractivity contribution is 14.0. The minimum Gasteiger partial charge on any atom is -0.459 e. The first-order valence-corrected chi connectivity index (χ1v) is 8.66. The van der Waals surface area contributed by atoms with E-state index in [0.29, 0.717) is 0 Å². The van der Waals surface area contributed by atoms with E-state index >= 15 is 0 Å². The minimum atomic E-state index is -0.494. The zero-order chi connectivity index (χ0) is 18.3. The molecule has 2 heterocycles. The van der Waals surface area contributed by atoms with E-state index in [2.05, 4.69) is 30.1 Å². The van der Waals surface area contributed by atoms with Crippen LogP contribution in [0.25, 0.3) is 0 Å². The van der Waals surface area contributed by atoms with Gasteiger partial charge in [-0.25, -0.2) is 15.0 Å². The van der Waals surface area contributed by atoms with Gasteiger partial charge in [0.25, 0.3) is 0 Å². The molecule has 1 aromatic rings. The van der Waals surface area contributed by atoms with E-state index in [0.717, 1.165) is 44.6 Å². The topological polar surface area (TPSA) is 83.0 Å². The molecule has 0 radical (unpaired) electrons. The molecule has 0 atom stereocenters. The summed E-state index contributed by atoms with van der Waals surface area (Å²) in [5, 5.41) is 3.24. The van der Waals surface area contributed by atoms with Crippen molar-refractivity contribution >= 4 is 41.9 Å². The summed E-state index contributed by atoms with van der Waals surface area (Å²) in [6, 6.07) is 1.81. The summed E-state index contributed by atoms with van der Waals surface area (Å²) < 4.78 is 5.31. The van der Waals surface area contributed by atoms with Gasteiger partial charge in [-0.05, 0) is 33.8 Å². The maximum atomic E-state index is 11.9. The predicted octanol–water partition coefficient (Wildman–Crippen LogP) is 1.52. The van der Waals surface area contributed by atoms with Crippen LogP contribution in [0.3, 0.4) is 0 Å². The highest BCUT2D eigenvalue weighted by atomic mass is 127. The third-order valence-corrected chi connectivity index (χ3v) is 3.53. The number of ether oxygens (including phenoxy) is 1. The first-order chi connectivity index (χ1) is 11.9. The van der Waals surface area contributed by atoms with Gasteiger partial charge in [0.05, 0.1) is 0 Å². The summed E-state index contributed by atoms with van der Waals surface area (Å²) in [6.45, 7) is 11.5. The van der Waals surface area contributed by atoms with Crippen LogP contribution in [0.1, 0.15) is 27.7 Å². The standard InChI is InChI=1S/C17H28N6O2.HI/c1-5-18-15(21-13-14(24)25-17(2,3)4)22-9-11-23(12-10-22)16-19-7-6-8-20-16;/h6-8H,5,9-13H2,1-4H3,(H,18,21);1H. The fourth-order valence-electron chi connectivity index (χ4n) is 2.51. The molecule has 1 aromatic heterocycles. The number of hydrogen-bond donors (Lipinski definition) is 1. The summed E-state index contributed by atoms with van der Waals surface area (Å²) in [5.74, 6) is 1.17. The summed E-state index contributed by atoms with van der Waals surface area (Å²) in [7, 11) is 0. The third-order valence-electron chi connectivity index (χ3n) is 3.53. The zero-order valence-electron chi connectivity index (χ0n) is 15.9. The van der Waals surface area contributed by atoms with Crippen LogP contribution in [0, 0.1) is 0 Å². The molecule has 146 valence electrons. The van der Waals surface area contributed by atoms with Crippen molar-refractivity contribution in [3.63, 3.8) is 0 Å². The first-order valence-electron chi connectivity index (χ1n) is 8.66. The number of halogens is 1. The Morgan fingerprint density at radius 1 is 1.23 bits per heavy atom. The molecule has 0 unspecified atom stereocenters. The lowest BCUT2D eigenvalue weighted by Crippen LogP contribution is -2.53. The molecule has 0 spiro atoms. The van der Waals surface area contributed by atoms with E-state index in [1.165, 1.54) is 0 Å². The van der Waals surface area contributed by atoms with Gasteiger partial charge in [-0.3, -0.25) is 4.79 Å². The van der Waals surface area contributed by atoms with Crippen molar-refractivity contribution in [1.82, 2.24) is 20.2 Å². The van der Waals surface area contributed by atoms with E-state index in [-0.39, 0.29) is 36.5 Å². The molecule has 1 saturated heterocycles. The minimum absolute atomic E-state index is 0. The van der Waals surface area contributed by atoms with Gasteiger partial charge in [0.1, 0.15) is 12.1 Å². The SMILES string of the molecule is CCNC(=NCC(=O)OC(C)(C)C)N1CCN(c2ncccn2)CC1.I. The average molecular weight is 476 g/mol. The average Bonchev–Trinajstić information content (AvgIpc) is 2.58. The second-order valence-electron chi connectivity index (χ2n) is 6.78. The van der Waals surface area contributed by atoms with Crippen LogP contribution in [0.2, 0.25) is 0 Å². The van der Waals surface area contributed by atoms with E-state index in [1.807, 2.05) is 33.8 Å². The quantitative estimate of drug-likeness (QED) is 0.306. The van der Waals surface area contributed by atoms with Crippen LogP contribution in [0.4, 0.5) is 5.95 Å². The van der Waals surface area contributed by atoms with E-state index in [4.69, 9.17) is 4.74 Å². The Balaban J connectivity index is 0.00000338. The number of carbonyl (C=O) groups excluding carboxylic acids is 1. The van der Waals surface area contributed by atoms with Crippen LogP contribution >= 0.6 is 24.0 Å². The van der Waals surface area contributed by atoms with Gasteiger partial charge in [-0.1, -0.05) is 0 Å². The predicted molar refractivity (Wildman–Crippen MR) is 113 cm³/mol. The van der Waals surface area contributed by atoms with Crippen molar-refractivity contribution in [2.45, 2.75) is 33.3 Å². The van der Waals surface area contributed by atoms with Crippen molar-refractivity contribution in [3.8, 4) is 0 Å². The van der Waals surface area contributed by atoms with Crippen molar-refractivity contribution in [1.29, 1.82) is 0 Å². The normalized spacial score (nSPS) is 15.3. The fourth-order valence-corrected chi connectivity index (χ4v) is 2.51. The van der Waals surface area contributed by atoms with Crippen molar-refractivity contribution in [2.24, 2.45) is 4.99 Å². The molecule has 0 aromatic carbocycles. The second-order valence-corrected chi connectivity index (χ2v) is 6.78. The molecule has 1 aliphatic rings. The Hall–Kier alpha value is -1.65. The highest BCUT2D eigenvalue weighted by Crippen LogP contribution is 2.10. The molecule has 2 rings (SSSR count). The summed E-state index contributed by atoms with van der Waals surface area (Å²) >= 11 is 0. The largest absolute Gasteiger partial charge is 0.459 e. The number of esters is 1. The fraction of sp³-hybridized carbons (Fsp3) is 0.647. The molecule has 0 bridgehead atoms. The zero-order valence-corrected chi connectivity index (χ0v) is 18.3. The second kappa shape index (κ2) is 10.5. The summed E-state index contributed by atoms with van der Waals surface area (Å²) in [6.07, 6.45) is 3.50. The van der Waals surface area contributed by atoms with Gasteiger partial charge in [-0.15, -0.1) is 24.0 Å². The van der Waals surface area contributed by atoms with Crippen LogP contribution < -0.4 is 10.2 Å². The van der Waals surface area contributed by atoms with E-state index in [1.54, 1.807) is 12.4 Å². The van der Waals surface area contributed by atoms with Crippen LogP contribution in [-0.2, 0) is 9.53 Å².